The van der Waals surface area contributed by atoms with Gasteiger partial charge in [-0.25, -0.2) is 4.79 Å². The predicted molar refractivity (Wildman–Crippen MR) is 94.9 cm³/mol. The second-order valence-corrected chi connectivity index (χ2v) is 7.01. The fourth-order valence-corrected chi connectivity index (χ4v) is 3.63. The molecule has 27 heavy (non-hydrogen) atoms. The van der Waals surface area contributed by atoms with E-state index >= 15 is 0 Å². The summed E-state index contributed by atoms with van der Waals surface area (Å²) in [6, 6.07) is 3.25. The van der Waals surface area contributed by atoms with Crippen molar-refractivity contribution in [2.24, 2.45) is 0 Å². The number of aliphatic hydroxyl groups is 3. The van der Waals surface area contributed by atoms with Gasteiger partial charge < -0.3 is 35.6 Å². The fourth-order valence-electron chi connectivity index (χ4n) is 3.63. The fraction of sp³-hybridized carbons (Fsp3) is 0.611. The highest BCUT2D eigenvalue weighted by Gasteiger charge is 2.47. The molecule has 9 heteroatoms. The molecular formula is C18H26N2O7. The Bertz CT molecular complexity index is 665. The monoisotopic (exact) mass is 382 g/mol. The average molecular weight is 382 g/mol. The Kier molecular flexibility index (Phi) is 6.18. The highest BCUT2D eigenvalue weighted by Crippen LogP contribution is 2.27. The Morgan fingerprint density at radius 3 is 2.59 bits per heavy atom. The van der Waals surface area contributed by atoms with Crippen LogP contribution in [0, 0.1) is 0 Å². The molecule has 0 saturated carbocycles. The minimum absolute atomic E-state index is 0.118. The Morgan fingerprint density at radius 1 is 1.19 bits per heavy atom. The molecule has 2 heterocycles. The van der Waals surface area contributed by atoms with Crippen LogP contribution in [0.5, 0.6) is 5.75 Å². The number of benzene rings is 1. The standard InChI is InChI=1S/C18H26N2O7/c19-10-4-5-12(21)11(8-10)17(24)26-9-13-15(22)16(23)14(18(25)27-13)20-6-2-1-3-7-20/h4-5,8,13-16,18,21-23,25H,1-3,6-7,9,19H2/t13?,14?,15-,16+,18-/m1/s1. The number of phenols is 1. The van der Waals surface area contributed by atoms with E-state index in [9.17, 15) is 25.2 Å². The molecule has 2 saturated heterocycles. The van der Waals surface area contributed by atoms with Crippen molar-refractivity contribution in [2.45, 2.75) is 49.9 Å². The lowest BCUT2D eigenvalue weighted by Gasteiger charge is -2.46. The van der Waals surface area contributed by atoms with E-state index in [1.165, 1.54) is 18.2 Å². The van der Waals surface area contributed by atoms with Crippen LogP contribution in [-0.2, 0) is 9.47 Å². The third-order valence-electron chi connectivity index (χ3n) is 5.12. The van der Waals surface area contributed by atoms with E-state index in [-0.39, 0.29) is 17.0 Å². The zero-order valence-corrected chi connectivity index (χ0v) is 14.9. The van der Waals surface area contributed by atoms with Crippen LogP contribution >= 0.6 is 0 Å². The van der Waals surface area contributed by atoms with Gasteiger partial charge in [-0.2, -0.15) is 0 Å². The van der Waals surface area contributed by atoms with Gasteiger partial charge in [-0.3, -0.25) is 4.90 Å². The lowest BCUT2D eigenvalue weighted by atomic mass is 9.94. The molecular weight excluding hydrogens is 356 g/mol. The van der Waals surface area contributed by atoms with Crippen molar-refractivity contribution < 1.29 is 34.7 Å². The number of aliphatic hydroxyl groups excluding tert-OH is 3. The Balaban J connectivity index is 1.61. The number of hydrogen-bond donors (Lipinski definition) is 5. The van der Waals surface area contributed by atoms with Crippen LogP contribution in [0.15, 0.2) is 18.2 Å². The molecule has 3 rings (SSSR count). The lowest BCUT2D eigenvalue weighted by Crippen LogP contribution is -2.64. The summed E-state index contributed by atoms with van der Waals surface area (Å²) in [6.45, 7) is 1.03. The molecule has 2 aliphatic rings. The number of carbonyl (C=O) groups excluding carboxylic acids is 1. The van der Waals surface area contributed by atoms with Gasteiger partial charge in [0.15, 0.2) is 6.29 Å². The van der Waals surface area contributed by atoms with E-state index in [2.05, 4.69) is 0 Å². The second-order valence-electron chi connectivity index (χ2n) is 7.01. The van der Waals surface area contributed by atoms with Gasteiger partial charge >= 0.3 is 5.97 Å². The van der Waals surface area contributed by atoms with Crippen LogP contribution in [0.1, 0.15) is 29.6 Å². The maximum atomic E-state index is 12.1. The largest absolute Gasteiger partial charge is 0.507 e. The molecule has 5 atom stereocenters. The number of nitrogens with two attached hydrogens (primary N) is 1. The molecule has 0 spiro atoms. The highest BCUT2D eigenvalue weighted by molar-refractivity contribution is 5.93. The van der Waals surface area contributed by atoms with Crippen LogP contribution < -0.4 is 5.73 Å². The number of carbonyl (C=O) groups is 1. The van der Waals surface area contributed by atoms with Crippen molar-refractivity contribution in [3.63, 3.8) is 0 Å². The lowest BCUT2D eigenvalue weighted by molar-refractivity contribution is -0.273. The Labute approximate surface area is 156 Å². The van der Waals surface area contributed by atoms with E-state index < -0.39 is 43.2 Å². The zero-order valence-electron chi connectivity index (χ0n) is 14.9. The van der Waals surface area contributed by atoms with E-state index in [4.69, 9.17) is 15.2 Å². The predicted octanol–water partition coefficient (Wildman–Crippen LogP) is -0.575. The van der Waals surface area contributed by atoms with Crippen LogP contribution in [0.4, 0.5) is 5.69 Å². The zero-order chi connectivity index (χ0) is 19.6. The molecule has 6 N–H and O–H groups in total. The SMILES string of the molecule is Nc1ccc(O)c(C(=O)OCC2O[C@@H](O)C(N3CCCCC3)[C@H](O)[C@@H]2O)c1. The van der Waals surface area contributed by atoms with Gasteiger partial charge in [0.05, 0.1) is 6.04 Å². The third kappa shape index (κ3) is 4.33. The van der Waals surface area contributed by atoms with Crippen molar-refractivity contribution in [1.29, 1.82) is 0 Å². The molecule has 9 nitrogen and oxygen atoms in total. The summed E-state index contributed by atoms with van der Waals surface area (Å²) < 4.78 is 10.5. The van der Waals surface area contributed by atoms with Gasteiger partial charge in [0.1, 0.15) is 36.2 Å². The average Bonchev–Trinajstić information content (AvgIpc) is 2.66. The number of likely N-dealkylation sites (tertiary alicyclic amines) is 1. The summed E-state index contributed by atoms with van der Waals surface area (Å²) in [5.41, 5.74) is 5.76. The molecule has 1 aromatic rings. The molecule has 2 fully saturated rings. The van der Waals surface area contributed by atoms with Crippen molar-refractivity contribution in [3.05, 3.63) is 23.8 Å². The van der Waals surface area contributed by atoms with Crippen molar-refractivity contribution in [2.75, 3.05) is 25.4 Å². The number of piperidine rings is 1. The van der Waals surface area contributed by atoms with Crippen molar-refractivity contribution in [3.8, 4) is 5.75 Å². The Hall–Kier alpha value is -1.91. The first-order valence-corrected chi connectivity index (χ1v) is 9.08. The number of nitrogens with zero attached hydrogens (tertiary/aromatic N) is 1. The number of anilines is 1. The molecule has 2 aliphatic heterocycles. The van der Waals surface area contributed by atoms with E-state index in [0.29, 0.717) is 13.1 Å². The number of hydrogen-bond acceptors (Lipinski definition) is 9. The molecule has 0 radical (unpaired) electrons. The number of nitrogen functional groups attached to an aromatic ring is 1. The van der Waals surface area contributed by atoms with Crippen LogP contribution in [0.2, 0.25) is 0 Å². The maximum absolute atomic E-state index is 12.1. The summed E-state index contributed by atoms with van der Waals surface area (Å²) in [5.74, 6) is -1.14. The summed E-state index contributed by atoms with van der Waals surface area (Å²) in [5, 5.41) is 40.9. The summed E-state index contributed by atoms with van der Waals surface area (Å²) in [6.07, 6.45) is -1.98. The second kappa shape index (κ2) is 8.41. The van der Waals surface area contributed by atoms with Crippen molar-refractivity contribution >= 4 is 11.7 Å². The van der Waals surface area contributed by atoms with Gasteiger partial charge in [0.25, 0.3) is 0 Å². The first-order chi connectivity index (χ1) is 12.9. The van der Waals surface area contributed by atoms with E-state index in [0.717, 1.165) is 19.3 Å². The minimum atomic E-state index is -1.33. The summed E-state index contributed by atoms with van der Waals surface area (Å²) in [7, 11) is 0. The molecule has 2 unspecified atom stereocenters. The number of ether oxygens (including phenoxy) is 2. The molecule has 0 aromatic heterocycles. The molecule has 0 aliphatic carbocycles. The maximum Gasteiger partial charge on any atom is 0.342 e. The normalized spacial score (nSPS) is 32.2. The molecule has 0 amide bonds. The van der Waals surface area contributed by atoms with Crippen LogP contribution in [-0.4, -0.2) is 81.6 Å². The van der Waals surface area contributed by atoms with E-state index in [1.807, 2.05) is 4.90 Å². The molecule has 0 bridgehead atoms. The van der Waals surface area contributed by atoms with Gasteiger partial charge in [-0.15, -0.1) is 0 Å². The van der Waals surface area contributed by atoms with E-state index in [1.54, 1.807) is 0 Å². The third-order valence-corrected chi connectivity index (χ3v) is 5.12. The van der Waals surface area contributed by atoms with Crippen molar-refractivity contribution in [1.82, 2.24) is 4.90 Å². The first kappa shape index (κ1) is 19.8. The van der Waals surface area contributed by atoms with Gasteiger partial charge in [0, 0.05) is 5.69 Å². The number of phenolic OH excluding ortho intramolecular Hbond substituents is 1. The van der Waals surface area contributed by atoms with Gasteiger partial charge in [-0.05, 0) is 44.1 Å². The molecule has 150 valence electrons. The number of aromatic hydroxyl groups is 1. The number of rotatable bonds is 4. The van der Waals surface area contributed by atoms with Gasteiger partial charge in [-0.1, -0.05) is 6.42 Å². The Morgan fingerprint density at radius 2 is 1.89 bits per heavy atom. The van der Waals surface area contributed by atoms with Gasteiger partial charge in [0.2, 0.25) is 0 Å². The topological polar surface area (TPSA) is 146 Å². The molecule has 1 aromatic carbocycles. The quantitative estimate of drug-likeness (QED) is 0.262. The number of esters is 1. The smallest absolute Gasteiger partial charge is 0.342 e. The summed E-state index contributed by atoms with van der Waals surface area (Å²) >= 11 is 0. The minimum Gasteiger partial charge on any atom is -0.507 e. The highest BCUT2D eigenvalue weighted by atomic mass is 16.6. The van der Waals surface area contributed by atoms with Crippen LogP contribution in [0.3, 0.4) is 0 Å². The summed E-state index contributed by atoms with van der Waals surface area (Å²) in [4.78, 5) is 14.0. The first-order valence-electron chi connectivity index (χ1n) is 9.08. The van der Waals surface area contributed by atoms with Crippen LogP contribution in [0.25, 0.3) is 0 Å².